The van der Waals surface area contributed by atoms with Crippen molar-refractivity contribution in [3.8, 4) is 5.75 Å². The zero-order chi connectivity index (χ0) is 20.3. The second-order valence-electron chi connectivity index (χ2n) is 6.45. The fraction of sp³-hybridized carbons (Fsp3) is 0.389. The van der Waals surface area contributed by atoms with Crippen molar-refractivity contribution in [3.63, 3.8) is 0 Å². The topological polar surface area (TPSA) is 135 Å². The first kappa shape index (κ1) is 19.6. The minimum Gasteiger partial charge on any atom is -0.495 e. The summed E-state index contributed by atoms with van der Waals surface area (Å²) in [7, 11) is 1.50. The summed E-state index contributed by atoms with van der Waals surface area (Å²) in [5.41, 5.74) is -0.222. The molecular weight excluding hydrogens is 368 g/mol. The number of nitrogens with one attached hydrogen (secondary N) is 3. The monoisotopic (exact) mass is 390 g/mol. The SMILES string of the molecule is COc1ccccc1NC(=O)NC[C@H]1O[C@H](n2cc(C)c(=O)[nH]c2=O)C[C@@H]1O. The molecule has 3 atom stereocenters. The van der Waals surface area contributed by atoms with Crippen molar-refractivity contribution < 1.29 is 19.4 Å². The van der Waals surface area contributed by atoms with Crippen LogP contribution in [0.2, 0.25) is 0 Å². The van der Waals surface area contributed by atoms with Gasteiger partial charge in [0.05, 0.1) is 18.9 Å². The first-order chi connectivity index (χ1) is 13.4. The van der Waals surface area contributed by atoms with Crippen LogP contribution in [0.3, 0.4) is 0 Å². The first-order valence-corrected chi connectivity index (χ1v) is 8.72. The Labute approximate surface area is 160 Å². The maximum Gasteiger partial charge on any atom is 0.330 e. The molecule has 1 fully saturated rings. The lowest BCUT2D eigenvalue weighted by atomic mass is 10.2. The van der Waals surface area contributed by atoms with Crippen LogP contribution in [0.1, 0.15) is 18.2 Å². The van der Waals surface area contributed by atoms with Crippen LogP contribution in [-0.4, -0.2) is 46.6 Å². The number of nitrogens with zero attached hydrogens (tertiary/aromatic N) is 1. The molecule has 0 bridgehead atoms. The van der Waals surface area contributed by atoms with Crippen LogP contribution in [-0.2, 0) is 4.74 Å². The number of hydrogen-bond donors (Lipinski definition) is 4. The van der Waals surface area contributed by atoms with Gasteiger partial charge in [-0.3, -0.25) is 14.3 Å². The van der Waals surface area contributed by atoms with Crippen LogP contribution in [0.15, 0.2) is 40.1 Å². The minimum absolute atomic E-state index is 0.0374. The van der Waals surface area contributed by atoms with Crippen LogP contribution >= 0.6 is 0 Å². The average molecular weight is 390 g/mol. The van der Waals surface area contributed by atoms with E-state index in [2.05, 4.69) is 15.6 Å². The number of aromatic amines is 1. The van der Waals surface area contributed by atoms with E-state index in [1.807, 2.05) is 0 Å². The molecule has 2 aromatic rings. The first-order valence-electron chi connectivity index (χ1n) is 8.72. The maximum absolute atomic E-state index is 12.1. The van der Waals surface area contributed by atoms with Crippen LogP contribution in [0.4, 0.5) is 10.5 Å². The van der Waals surface area contributed by atoms with Gasteiger partial charge in [0.1, 0.15) is 18.1 Å². The van der Waals surface area contributed by atoms with Gasteiger partial charge < -0.3 is 25.2 Å². The Morgan fingerprint density at radius 1 is 1.39 bits per heavy atom. The van der Waals surface area contributed by atoms with E-state index in [1.54, 1.807) is 31.2 Å². The van der Waals surface area contributed by atoms with E-state index in [4.69, 9.17) is 9.47 Å². The molecule has 1 aliphatic heterocycles. The number of ether oxygens (including phenoxy) is 2. The number of aliphatic hydroxyl groups excluding tert-OH is 1. The van der Waals surface area contributed by atoms with E-state index in [0.717, 1.165) is 0 Å². The van der Waals surface area contributed by atoms with E-state index in [0.29, 0.717) is 17.0 Å². The van der Waals surface area contributed by atoms with Crippen molar-refractivity contribution in [2.75, 3.05) is 19.0 Å². The zero-order valence-electron chi connectivity index (χ0n) is 15.5. The molecule has 1 aliphatic rings. The Morgan fingerprint density at radius 3 is 2.89 bits per heavy atom. The van der Waals surface area contributed by atoms with Gasteiger partial charge in [-0.15, -0.1) is 0 Å². The molecule has 10 heteroatoms. The molecule has 0 saturated carbocycles. The van der Waals surface area contributed by atoms with Crippen molar-refractivity contribution in [3.05, 3.63) is 56.9 Å². The number of benzene rings is 1. The van der Waals surface area contributed by atoms with Crippen LogP contribution < -0.4 is 26.6 Å². The molecule has 1 aromatic carbocycles. The smallest absolute Gasteiger partial charge is 0.330 e. The highest BCUT2D eigenvalue weighted by Gasteiger charge is 2.35. The molecule has 10 nitrogen and oxygen atoms in total. The minimum atomic E-state index is -0.879. The largest absolute Gasteiger partial charge is 0.495 e. The number of amides is 2. The molecule has 2 amide bonds. The van der Waals surface area contributed by atoms with E-state index < -0.39 is 35.7 Å². The lowest BCUT2D eigenvalue weighted by molar-refractivity contribution is -0.0178. The second kappa shape index (κ2) is 8.28. The quantitative estimate of drug-likeness (QED) is 0.581. The predicted molar refractivity (Wildman–Crippen MR) is 101 cm³/mol. The summed E-state index contributed by atoms with van der Waals surface area (Å²) in [4.78, 5) is 37.8. The van der Waals surface area contributed by atoms with E-state index >= 15 is 0 Å². The van der Waals surface area contributed by atoms with E-state index in [9.17, 15) is 19.5 Å². The number of methoxy groups -OCH3 is 1. The number of anilines is 1. The molecule has 1 saturated heterocycles. The Kier molecular flexibility index (Phi) is 5.81. The zero-order valence-corrected chi connectivity index (χ0v) is 15.5. The molecule has 0 aliphatic carbocycles. The fourth-order valence-corrected chi connectivity index (χ4v) is 2.98. The van der Waals surface area contributed by atoms with Gasteiger partial charge >= 0.3 is 11.7 Å². The Morgan fingerprint density at radius 2 is 2.14 bits per heavy atom. The molecule has 0 unspecified atom stereocenters. The van der Waals surface area contributed by atoms with Crippen molar-refractivity contribution in [1.82, 2.24) is 14.9 Å². The highest BCUT2D eigenvalue weighted by atomic mass is 16.5. The molecule has 1 aromatic heterocycles. The molecule has 0 spiro atoms. The number of H-pyrrole nitrogens is 1. The van der Waals surface area contributed by atoms with Gasteiger partial charge in [-0.1, -0.05) is 12.1 Å². The normalized spacial score (nSPS) is 21.3. The lowest BCUT2D eigenvalue weighted by Crippen LogP contribution is -2.39. The van der Waals surface area contributed by atoms with E-state index in [1.165, 1.54) is 17.9 Å². The van der Waals surface area contributed by atoms with Gasteiger partial charge in [-0.25, -0.2) is 9.59 Å². The highest BCUT2D eigenvalue weighted by molar-refractivity contribution is 5.90. The summed E-state index contributed by atoms with van der Waals surface area (Å²) < 4.78 is 12.1. The number of urea groups is 1. The predicted octanol–water partition coefficient (Wildman–Crippen LogP) is 0.324. The van der Waals surface area contributed by atoms with Crippen LogP contribution in [0, 0.1) is 6.92 Å². The summed E-state index contributed by atoms with van der Waals surface area (Å²) in [5.74, 6) is 0.516. The number of rotatable bonds is 5. The molecule has 28 heavy (non-hydrogen) atoms. The Balaban J connectivity index is 1.60. The summed E-state index contributed by atoms with van der Waals surface area (Å²) in [5, 5.41) is 15.5. The van der Waals surface area contributed by atoms with Gasteiger partial charge in [0.2, 0.25) is 0 Å². The third-order valence-electron chi connectivity index (χ3n) is 4.48. The average Bonchev–Trinajstić information content (AvgIpc) is 3.04. The van der Waals surface area contributed by atoms with Crippen molar-refractivity contribution >= 4 is 11.7 Å². The van der Waals surface area contributed by atoms with Crippen molar-refractivity contribution in [2.24, 2.45) is 0 Å². The fourth-order valence-electron chi connectivity index (χ4n) is 2.98. The number of aromatic nitrogens is 2. The standard InChI is InChI=1S/C18H22N4O6/c1-10-9-22(18(26)21-16(10)24)15-7-12(23)14(28-15)8-19-17(25)20-11-5-3-4-6-13(11)27-2/h3-6,9,12,14-15,23H,7-8H2,1-2H3,(H2,19,20,25)(H,21,24,26)/t12-,14+,15-/m0/s1. The third kappa shape index (κ3) is 4.24. The summed E-state index contributed by atoms with van der Waals surface area (Å²) in [6, 6.07) is 6.47. The van der Waals surface area contributed by atoms with Gasteiger partial charge in [-0.05, 0) is 19.1 Å². The third-order valence-corrected chi connectivity index (χ3v) is 4.48. The van der Waals surface area contributed by atoms with Gasteiger partial charge in [0.15, 0.2) is 0 Å². The second-order valence-corrected chi connectivity index (χ2v) is 6.45. The summed E-state index contributed by atoms with van der Waals surface area (Å²) in [6.07, 6.45) is -0.764. The van der Waals surface area contributed by atoms with Crippen molar-refractivity contribution in [1.29, 1.82) is 0 Å². The van der Waals surface area contributed by atoms with Crippen molar-refractivity contribution in [2.45, 2.75) is 31.8 Å². The maximum atomic E-state index is 12.1. The molecule has 0 radical (unpaired) electrons. The highest BCUT2D eigenvalue weighted by Crippen LogP contribution is 2.27. The molecule has 3 rings (SSSR count). The van der Waals surface area contributed by atoms with E-state index in [-0.39, 0.29) is 13.0 Å². The lowest BCUT2D eigenvalue weighted by Gasteiger charge is -2.17. The number of hydrogen-bond acceptors (Lipinski definition) is 6. The Hall–Kier alpha value is -3.11. The molecule has 2 heterocycles. The molecule has 4 N–H and O–H groups in total. The molecule has 150 valence electrons. The van der Waals surface area contributed by atoms with Crippen LogP contribution in [0.25, 0.3) is 0 Å². The van der Waals surface area contributed by atoms with Gasteiger partial charge in [-0.2, -0.15) is 0 Å². The van der Waals surface area contributed by atoms with Gasteiger partial charge in [0, 0.05) is 24.7 Å². The number of para-hydroxylation sites is 2. The molecular formula is C18H22N4O6. The number of carbonyl (C=O) groups excluding carboxylic acids is 1. The number of aliphatic hydroxyl groups is 1. The Bertz CT molecular complexity index is 969. The van der Waals surface area contributed by atoms with Gasteiger partial charge in [0.25, 0.3) is 5.56 Å². The number of aryl methyl sites for hydroxylation is 1. The van der Waals surface area contributed by atoms with Crippen LogP contribution in [0.5, 0.6) is 5.75 Å². The summed E-state index contributed by atoms with van der Waals surface area (Å²) >= 11 is 0. The summed E-state index contributed by atoms with van der Waals surface area (Å²) in [6.45, 7) is 1.61. The number of carbonyl (C=O) groups is 1.